The Hall–Kier alpha value is -6.78. The summed E-state index contributed by atoms with van der Waals surface area (Å²) in [4.78, 5) is 8.71. The monoisotopic (exact) mass is 710 g/mol. The molecular weight excluding hydrogens is 669 g/mol. The van der Waals surface area contributed by atoms with E-state index in [-0.39, 0.29) is 0 Å². The highest BCUT2D eigenvalue weighted by atomic mass is 15.0. The molecule has 0 atom stereocenters. The van der Waals surface area contributed by atoms with Crippen molar-refractivity contribution < 1.29 is 0 Å². The summed E-state index contributed by atoms with van der Waals surface area (Å²) >= 11 is 0. The standard InChI is InChI=1S/C48H34N4.C3H8/c1-3-7-45-41(5-1)42-6-2-4-8-46(42)51(45)39-21-13-35(14-22-39)29-33-9-17-37(18-10-33)38-19-11-34(12-20-38)30-36-15-23-40(24-16-36)52-47-25-27-49-31-43(47)44-32-50-28-26-48(44)52;1-3-2/h1-28,31-32H,29-30H2;3H2,1-2H3. The summed E-state index contributed by atoms with van der Waals surface area (Å²) in [7, 11) is 0. The van der Waals surface area contributed by atoms with Gasteiger partial charge in [-0.1, -0.05) is 129 Å². The first kappa shape index (κ1) is 34.0. The predicted octanol–water partition coefficient (Wildman–Crippen LogP) is 12.9. The van der Waals surface area contributed by atoms with Gasteiger partial charge < -0.3 is 9.13 Å². The Morgan fingerprint density at radius 2 is 0.691 bits per heavy atom. The molecule has 0 aliphatic heterocycles. The topological polar surface area (TPSA) is 35.6 Å². The second-order valence-electron chi connectivity index (χ2n) is 14.3. The molecule has 0 saturated carbocycles. The zero-order chi connectivity index (χ0) is 37.1. The lowest BCUT2D eigenvalue weighted by Gasteiger charge is -2.10. The Bertz CT molecular complexity index is 2570. The summed E-state index contributed by atoms with van der Waals surface area (Å²) in [5, 5.41) is 4.81. The number of para-hydroxylation sites is 2. The molecule has 0 fully saturated rings. The maximum atomic E-state index is 4.36. The highest BCUT2D eigenvalue weighted by molar-refractivity contribution is 6.09. The first-order valence-corrected chi connectivity index (χ1v) is 19.2. The van der Waals surface area contributed by atoms with Gasteiger partial charge in [-0.15, -0.1) is 0 Å². The largest absolute Gasteiger partial charge is 0.309 e. The fourth-order valence-corrected chi connectivity index (χ4v) is 7.82. The van der Waals surface area contributed by atoms with Gasteiger partial charge in [0.2, 0.25) is 0 Å². The van der Waals surface area contributed by atoms with Gasteiger partial charge in [-0.3, -0.25) is 9.97 Å². The minimum Gasteiger partial charge on any atom is -0.309 e. The van der Waals surface area contributed by atoms with Crippen molar-refractivity contribution in [2.75, 3.05) is 0 Å². The van der Waals surface area contributed by atoms with Gasteiger partial charge in [0, 0.05) is 57.7 Å². The van der Waals surface area contributed by atoms with E-state index in [0.29, 0.717) is 0 Å². The Morgan fingerprint density at radius 3 is 1.07 bits per heavy atom. The van der Waals surface area contributed by atoms with Crippen molar-refractivity contribution in [1.29, 1.82) is 0 Å². The van der Waals surface area contributed by atoms with Crippen LogP contribution in [0.15, 0.2) is 183 Å². The van der Waals surface area contributed by atoms with Crippen LogP contribution in [0.1, 0.15) is 42.5 Å². The molecule has 0 saturated heterocycles. The van der Waals surface area contributed by atoms with Crippen LogP contribution in [-0.4, -0.2) is 19.1 Å². The van der Waals surface area contributed by atoms with Crippen molar-refractivity contribution in [3.05, 3.63) is 205 Å². The van der Waals surface area contributed by atoms with Crippen molar-refractivity contribution >= 4 is 43.6 Å². The van der Waals surface area contributed by atoms with Crippen LogP contribution < -0.4 is 0 Å². The summed E-state index contributed by atoms with van der Waals surface area (Å²) in [5.41, 5.74) is 14.7. The second-order valence-corrected chi connectivity index (χ2v) is 14.3. The number of aromatic nitrogens is 4. The zero-order valence-corrected chi connectivity index (χ0v) is 31.2. The lowest BCUT2D eigenvalue weighted by molar-refractivity contribution is 1.09. The zero-order valence-electron chi connectivity index (χ0n) is 31.2. The van der Waals surface area contributed by atoms with E-state index in [4.69, 9.17) is 0 Å². The van der Waals surface area contributed by atoms with E-state index in [1.807, 2.05) is 24.8 Å². The van der Waals surface area contributed by atoms with E-state index in [9.17, 15) is 0 Å². The maximum absolute atomic E-state index is 4.36. The Morgan fingerprint density at radius 1 is 0.364 bits per heavy atom. The lowest BCUT2D eigenvalue weighted by Crippen LogP contribution is -1.95. The molecule has 0 aliphatic carbocycles. The van der Waals surface area contributed by atoms with Gasteiger partial charge in [0.05, 0.1) is 22.1 Å². The number of hydrogen-bond acceptors (Lipinski definition) is 2. The molecule has 0 unspecified atom stereocenters. The third kappa shape index (κ3) is 6.57. The van der Waals surface area contributed by atoms with Crippen LogP contribution in [0.25, 0.3) is 66.1 Å². The molecule has 4 nitrogen and oxygen atoms in total. The van der Waals surface area contributed by atoms with Crippen LogP contribution >= 0.6 is 0 Å². The summed E-state index contributed by atoms with van der Waals surface area (Å²) in [5.74, 6) is 0. The van der Waals surface area contributed by atoms with E-state index >= 15 is 0 Å². The molecule has 266 valence electrons. The van der Waals surface area contributed by atoms with Gasteiger partial charge in [0.25, 0.3) is 0 Å². The van der Waals surface area contributed by atoms with Crippen LogP contribution in [0.2, 0.25) is 0 Å². The highest BCUT2D eigenvalue weighted by Gasteiger charge is 2.13. The molecule has 4 heterocycles. The SMILES string of the molecule is CCC.c1ccc2c(c1)c1ccccc1n2-c1ccc(Cc2ccc(-c3ccc(Cc4ccc(-n5c6ccncc6c6cnccc65)cc4)cc3)cc2)cc1. The van der Waals surface area contributed by atoms with E-state index < -0.39 is 0 Å². The van der Waals surface area contributed by atoms with Gasteiger partial charge >= 0.3 is 0 Å². The smallest absolute Gasteiger partial charge is 0.0572 e. The molecule has 0 radical (unpaired) electrons. The molecule has 55 heavy (non-hydrogen) atoms. The molecular formula is C51H42N4. The molecule has 6 aromatic carbocycles. The van der Waals surface area contributed by atoms with Gasteiger partial charge in [0.1, 0.15) is 0 Å². The average molecular weight is 711 g/mol. The third-order valence-corrected chi connectivity index (χ3v) is 10.4. The second kappa shape index (κ2) is 14.9. The van der Waals surface area contributed by atoms with Crippen molar-refractivity contribution in [2.24, 2.45) is 0 Å². The lowest BCUT2D eigenvalue weighted by atomic mass is 9.98. The third-order valence-electron chi connectivity index (χ3n) is 10.4. The van der Waals surface area contributed by atoms with Crippen LogP contribution in [0.4, 0.5) is 0 Å². The van der Waals surface area contributed by atoms with Crippen LogP contribution in [0, 0.1) is 0 Å². The maximum Gasteiger partial charge on any atom is 0.0572 e. The first-order valence-electron chi connectivity index (χ1n) is 19.2. The van der Waals surface area contributed by atoms with E-state index in [1.54, 1.807) is 0 Å². The summed E-state index contributed by atoms with van der Waals surface area (Å²) in [6, 6.07) is 57.4. The van der Waals surface area contributed by atoms with Crippen molar-refractivity contribution in [1.82, 2.24) is 19.1 Å². The fourth-order valence-electron chi connectivity index (χ4n) is 7.82. The van der Waals surface area contributed by atoms with Gasteiger partial charge in [-0.2, -0.15) is 0 Å². The fraction of sp³-hybridized carbons (Fsp3) is 0.0980. The Balaban J connectivity index is 0.00000128. The molecule has 0 bridgehead atoms. The number of fused-ring (bicyclic) bond motifs is 6. The molecule has 0 N–H and O–H groups in total. The Labute approximate surface area is 322 Å². The minimum atomic E-state index is 0.885. The molecule has 0 aliphatic rings. The van der Waals surface area contributed by atoms with Crippen molar-refractivity contribution in [2.45, 2.75) is 33.1 Å². The average Bonchev–Trinajstić information content (AvgIpc) is 3.76. The molecule has 4 aromatic heterocycles. The summed E-state index contributed by atoms with van der Waals surface area (Å²) in [6.07, 6.45) is 10.6. The van der Waals surface area contributed by atoms with Crippen LogP contribution in [0.5, 0.6) is 0 Å². The van der Waals surface area contributed by atoms with E-state index in [2.05, 4.69) is 191 Å². The number of pyridine rings is 2. The first-order chi connectivity index (χ1) is 27.2. The molecule has 4 heteroatoms. The van der Waals surface area contributed by atoms with E-state index in [0.717, 1.165) is 40.3 Å². The summed E-state index contributed by atoms with van der Waals surface area (Å²) < 4.78 is 4.66. The number of nitrogens with zero attached hydrogens (tertiary/aromatic N) is 4. The minimum absolute atomic E-state index is 0.885. The van der Waals surface area contributed by atoms with Gasteiger partial charge in [-0.05, 0) is 94.8 Å². The van der Waals surface area contributed by atoms with Crippen LogP contribution in [-0.2, 0) is 12.8 Å². The molecule has 10 rings (SSSR count). The number of benzene rings is 6. The number of hydrogen-bond donors (Lipinski definition) is 0. The molecule has 10 aromatic rings. The van der Waals surface area contributed by atoms with Crippen molar-refractivity contribution in [3.63, 3.8) is 0 Å². The Kier molecular flexibility index (Phi) is 9.23. The summed E-state index contributed by atoms with van der Waals surface area (Å²) in [6.45, 7) is 4.25. The predicted molar refractivity (Wildman–Crippen MR) is 231 cm³/mol. The normalized spacial score (nSPS) is 11.3. The number of rotatable bonds is 7. The quantitative estimate of drug-likeness (QED) is 0.165. The van der Waals surface area contributed by atoms with Gasteiger partial charge in [-0.25, -0.2) is 0 Å². The van der Waals surface area contributed by atoms with Gasteiger partial charge in [0.15, 0.2) is 0 Å². The van der Waals surface area contributed by atoms with E-state index in [1.165, 1.54) is 67.3 Å². The van der Waals surface area contributed by atoms with Crippen molar-refractivity contribution in [3.8, 4) is 22.5 Å². The highest BCUT2D eigenvalue weighted by Crippen LogP contribution is 2.33. The molecule has 0 amide bonds. The van der Waals surface area contributed by atoms with Crippen LogP contribution in [0.3, 0.4) is 0 Å². The molecule has 0 spiro atoms.